The molecule has 0 saturated heterocycles. The van der Waals surface area contributed by atoms with E-state index in [9.17, 15) is 0 Å². The average molecular weight is 406 g/mol. The van der Waals surface area contributed by atoms with Crippen LogP contribution in [0.1, 0.15) is 37.5 Å². The van der Waals surface area contributed by atoms with Crippen LogP contribution >= 0.6 is 8.58 Å². The largest absolute Gasteiger partial charge is 0.488 e. The molecule has 0 aromatic heterocycles. The molecule has 3 aromatic carbocycles. The molecule has 0 aliphatic rings. The van der Waals surface area contributed by atoms with Crippen molar-refractivity contribution in [1.29, 1.82) is 0 Å². The number of hydrogen-bond donors (Lipinski definition) is 0. The lowest BCUT2D eigenvalue weighted by atomic mass is 9.85. The highest BCUT2D eigenvalue weighted by Gasteiger charge is 2.23. The molecular weight excluding hydrogens is 373 g/mol. The molecule has 1 atom stereocenters. The van der Waals surface area contributed by atoms with Gasteiger partial charge in [-0.05, 0) is 35.6 Å². The minimum atomic E-state index is 0.0122. The van der Waals surface area contributed by atoms with Gasteiger partial charge in [-0.15, -0.1) is 0 Å². The Morgan fingerprint density at radius 1 is 0.862 bits per heavy atom. The van der Waals surface area contributed by atoms with E-state index in [4.69, 9.17) is 4.74 Å². The fraction of sp³-hybridized carbons (Fsp3) is 0.308. The molecule has 0 spiro atoms. The highest BCUT2D eigenvalue weighted by atomic mass is 31.1. The molecule has 0 saturated carbocycles. The van der Waals surface area contributed by atoms with Crippen molar-refractivity contribution in [3.05, 3.63) is 83.4 Å². The number of aryl methyl sites for hydroxylation is 1. The zero-order valence-corrected chi connectivity index (χ0v) is 19.4. The van der Waals surface area contributed by atoms with Crippen LogP contribution in [-0.2, 0) is 12.0 Å². The SMILES string of the molecule is Cc1cc(Pc2ccccc2N(C)C)c(OCc2ccccc2)c(C(C)(C)C)c1. The Labute approximate surface area is 177 Å². The van der Waals surface area contributed by atoms with Crippen molar-refractivity contribution in [2.24, 2.45) is 0 Å². The monoisotopic (exact) mass is 405 g/mol. The smallest absolute Gasteiger partial charge is 0.131 e. The summed E-state index contributed by atoms with van der Waals surface area (Å²) in [5.41, 5.74) is 5.03. The van der Waals surface area contributed by atoms with Crippen LogP contribution in [0.2, 0.25) is 0 Å². The first-order valence-corrected chi connectivity index (χ1v) is 11.1. The van der Waals surface area contributed by atoms with E-state index in [1.807, 2.05) is 6.07 Å². The zero-order valence-electron chi connectivity index (χ0n) is 18.4. The van der Waals surface area contributed by atoms with Gasteiger partial charge in [-0.1, -0.05) is 83.9 Å². The second-order valence-electron chi connectivity index (χ2n) is 8.75. The van der Waals surface area contributed by atoms with Gasteiger partial charge in [0.05, 0.1) is 0 Å². The van der Waals surface area contributed by atoms with E-state index in [1.54, 1.807) is 0 Å². The molecule has 0 heterocycles. The van der Waals surface area contributed by atoms with Crippen LogP contribution in [0.5, 0.6) is 5.75 Å². The number of rotatable bonds is 6. The second-order valence-corrected chi connectivity index (χ2v) is 10.1. The number of benzene rings is 3. The molecule has 0 aliphatic heterocycles. The van der Waals surface area contributed by atoms with Gasteiger partial charge in [0, 0.05) is 36.0 Å². The third kappa shape index (κ3) is 5.40. The fourth-order valence-corrected chi connectivity index (χ4v) is 4.95. The van der Waals surface area contributed by atoms with Crippen LogP contribution < -0.4 is 20.2 Å². The van der Waals surface area contributed by atoms with Gasteiger partial charge in [-0.2, -0.15) is 0 Å². The highest BCUT2D eigenvalue weighted by molar-refractivity contribution is 7.56. The van der Waals surface area contributed by atoms with Crippen LogP contribution in [0, 0.1) is 6.92 Å². The molecule has 2 nitrogen and oxygen atoms in total. The minimum absolute atomic E-state index is 0.0122. The molecule has 0 bridgehead atoms. The molecule has 0 amide bonds. The molecule has 0 radical (unpaired) electrons. The molecule has 0 N–H and O–H groups in total. The van der Waals surface area contributed by atoms with E-state index in [0.29, 0.717) is 15.2 Å². The first kappa shape index (κ1) is 21.4. The lowest BCUT2D eigenvalue weighted by molar-refractivity contribution is 0.300. The van der Waals surface area contributed by atoms with Crippen LogP contribution in [0.3, 0.4) is 0 Å². The molecular formula is C26H32NOP. The van der Waals surface area contributed by atoms with Gasteiger partial charge in [-0.25, -0.2) is 0 Å². The van der Waals surface area contributed by atoms with Crippen molar-refractivity contribution < 1.29 is 4.74 Å². The number of para-hydroxylation sites is 1. The summed E-state index contributed by atoms with van der Waals surface area (Å²) in [7, 11) is 4.75. The number of nitrogens with zero attached hydrogens (tertiary/aromatic N) is 1. The van der Waals surface area contributed by atoms with Crippen LogP contribution in [-0.4, -0.2) is 14.1 Å². The van der Waals surface area contributed by atoms with Crippen molar-refractivity contribution in [2.45, 2.75) is 39.7 Å². The first-order chi connectivity index (χ1) is 13.8. The molecule has 1 unspecified atom stereocenters. The zero-order chi connectivity index (χ0) is 21.0. The Bertz CT molecular complexity index is 958. The molecule has 3 aromatic rings. The predicted molar refractivity (Wildman–Crippen MR) is 129 cm³/mol. The van der Waals surface area contributed by atoms with E-state index in [-0.39, 0.29) is 5.41 Å². The van der Waals surface area contributed by atoms with Gasteiger partial charge in [-0.3, -0.25) is 0 Å². The Morgan fingerprint density at radius 2 is 1.52 bits per heavy atom. The van der Waals surface area contributed by atoms with Gasteiger partial charge in [0.2, 0.25) is 0 Å². The number of ether oxygens (including phenoxy) is 1. The Morgan fingerprint density at radius 3 is 2.17 bits per heavy atom. The topological polar surface area (TPSA) is 12.5 Å². The Hall–Kier alpha value is -2.31. The normalized spacial score (nSPS) is 11.8. The lowest BCUT2D eigenvalue weighted by Gasteiger charge is -2.26. The summed E-state index contributed by atoms with van der Waals surface area (Å²) < 4.78 is 6.50. The Balaban J connectivity index is 2.04. The van der Waals surface area contributed by atoms with Gasteiger partial charge in [0.25, 0.3) is 0 Å². The van der Waals surface area contributed by atoms with E-state index in [2.05, 4.69) is 107 Å². The third-order valence-corrected chi connectivity index (χ3v) is 6.26. The summed E-state index contributed by atoms with van der Waals surface area (Å²) in [6.07, 6.45) is 0. The van der Waals surface area contributed by atoms with Crippen LogP contribution in [0.4, 0.5) is 5.69 Å². The maximum Gasteiger partial charge on any atom is 0.131 e. The Kier molecular flexibility index (Phi) is 6.65. The lowest BCUT2D eigenvalue weighted by Crippen LogP contribution is -2.21. The summed E-state index contributed by atoms with van der Waals surface area (Å²) in [5, 5.41) is 2.62. The maximum atomic E-state index is 6.50. The quantitative estimate of drug-likeness (QED) is 0.497. The van der Waals surface area contributed by atoms with Gasteiger partial charge in [0.1, 0.15) is 12.4 Å². The second kappa shape index (κ2) is 9.01. The minimum Gasteiger partial charge on any atom is -0.488 e. The summed E-state index contributed by atoms with van der Waals surface area (Å²) in [6, 6.07) is 23.6. The molecule has 3 rings (SSSR count). The van der Waals surface area contributed by atoms with Crippen molar-refractivity contribution in [2.75, 3.05) is 19.0 Å². The van der Waals surface area contributed by atoms with Crippen LogP contribution in [0.25, 0.3) is 0 Å². The van der Waals surface area contributed by atoms with Crippen molar-refractivity contribution in [1.82, 2.24) is 0 Å². The predicted octanol–water partition coefficient (Wildman–Crippen LogP) is 5.57. The summed E-state index contributed by atoms with van der Waals surface area (Å²) in [6.45, 7) is 9.55. The number of hydrogen-bond acceptors (Lipinski definition) is 2. The summed E-state index contributed by atoms with van der Waals surface area (Å²) in [5.74, 6) is 1.04. The maximum absolute atomic E-state index is 6.50. The third-order valence-electron chi connectivity index (χ3n) is 4.92. The molecule has 0 fully saturated rings. The number of anilines is 1. The first-order valence-electron chi connectivity index (χ1n) is 10.1. The van der Waals surface area contributed by atoms with Gasteiger partial charge < -0.3 is 9.64 Å². The standard InChI is InChI=1S/C26H32NOP/c1-19-16-21(26(2,3)4)25(28-18-20-12-8-7-9-13-20)24(17-19)29-23-15-11-10-14-22(23)27(5)6/h7-17,29H,18H2,1-6H3. The summed E-state index contributed by atoms with van der Waals surface area (Å²) >= 11 is 0. The molecule has 152 valence electrons. The highest BCUT2D eigenvalue weighted by Crippen LogP contribution is 2.35. The fourth-order valence-electron chi connectivity index (χ4n) is 3.42. The van der Waals surface area contributed by atoms with Gasteiger partial charge in [0.15, 0.2) is 0 Å². The van der Waals surface area contributed by atoms with Gasteiger partial charge >= 0.3 is 0 Å². The van der Waals surface area contributed by atoms with E-state index in [1.165, 1.54) is 33.0 Å². The van der Waals surface area contributed by atoms with E-state index >= 15 is 0 Å². The van der Waals surface area contributed by atoms with E-state index < -0.39 is 0 Å². The average Bonchev–Trinajstić information content (AvgIpc) is 2.67. The molecule has 29 heavy (non-hydrogen) atoms. The van der Waals surface area contributed by atoms with Crippen molar-refractivity contribution in [3.63, 3.8) is 0 Å². The van der Waals surface area contributed by atoms with E-state index in [0.717, 1.165) is 5.75 Å². The van der Waals surface area contributed by atoms with Crippen LogP contribution in [0.15, 0.2) is 66.7 Å². The van der Waals surface area contributed by atoms with Crippen molar-refractivity contribution in [3.8, 4) is 5.75 Å². The summed E-state index contributed by atoms with van der Waals surface area (Å²) in [4.78, 5) is 2.19. The van der Waals surface area contributed by atoms with Crippen molar-refractivity contribution >= 4 is 24.9 Å². The molecule has 0 aliphatic carbocycles. The molecule has 3 heteroatoms.